The maximum absolute atomic E-state index is 11.5. The zero-order valence-corrected chi connectivity index (χ0v) is 20.0. The van der Waals surface area contributed by atoms with Crippen LogP contribution in [-0.4, -0.2) is 78.0 Å². The summed E-state index contributed by atoms with van der Waals surface area (Å²) in [4.78, 5) is 9.13. The van der Waals surface area contributed by atoms with E-state index in [9.17, 15) is 8.42 Å². The van der Waals surface area contributed by atoms with E-state index in [2.05, 4.69) is 37.0 Å². The van der Waals surface area contributed by atoms with Crippen LogP contribution >= 0.6 is 24.0 Å². The molecule has 1 aliphatic heterocycles. The SMILES string of the molecule is CCNC(=NCCNS(=O)(=O)CC)N1CCN(c2ccc(OC)cc2)CC1.I. The first-order valence-corrected chi connectivity index (χ1v) is 11.0. The van der Waals surface area contributed by atoms with E-state index in [1.807, 2.05) is 19.1 Å². The topological polar surface area (TPSA) is 86.3 Å². The summed E-state index contributed by atoms with van der Waals surface area (Å²) in [6.45, 7) is 8.69. The van der Waals surface area contributed by atoms with E-state index < -0.39 is 10.0 Å². The molecule has 1 aromatic rings. The highest BCUT2D eigenvalue weighted by Gasteiger charge is 2.19. The van der Waals surface area contributed by atoms with Crippen molar-refractivity contribution in [3.8, 4) is 5.75 Å². The Morgan fingerprint density at radius 1 is 1.14 bits per heavy atom. The average Bonchev–Trinajstić information content (AvgIpc) is 2.70. The van der Waals surface area contributed by atoms with Gasteiger partial charge in [-0.15, -0.1) is 24.0 Å². The Labute approximate surface area is 185 Å². The number of aliphatic imine (C=N–C) groups is 1. The molecule has 0 aliphatic carbocycles. The summed E-state index contributed by atoms with van der Waals surface area (Å²) in [5.74, 6) is 1.78. The first-order chi connectivity index (χ1) is 13.0. The van der Waals surface area contributed by atoms with Crippen molar-refractivity contribution in [3.05, 3.63) is 24.3 Å². The van der Waals surface area contributed by atoms with Crippen LogP contribution in [0.2, 0.25) is 0 Å². The molecule has 0 aromatic heterocycles. The molecule has 1 fully saturated rings. The Bertz CT molecular complexity index is 704. The highest BCUT2D eigenvalue weighted by molar-refractivity contribution is 14.0. The molecule has 0 radical (unpaired) electrons. The number of guanidine groups is 1. The molecule has 2 rings (SSSR count). The molecule has 0 saturated carbocycles. The maximum atomic E-state index is 11.5. The molecule has 0 bridgehead atoms. The summed E-state index contributed by atoms with van der Waals surface area (Å²) in [5, 5.41) is 3.30. The Balaban J connectivity index is 0.00000392. The van der Waals surface area contributed by atoms with Crippen LogP contribution in [0, 0.1) is 0 Å². The molecule has 8 nitrogen and oxygen atoms in total. The van der Waals surface area contributed by atoms with Gasteiger partial charge in [0.1, 0.15) is 5.75 Å². The number of nitrogens with zero attached hydrogens (tertiary/aromatic N) is 3. The van der Waals surface area contributed by atoms with Crippen LogP contribution in [0.1, 0.15) is 13.8 Å². The molecular weight excluding hydrogens is 493 g/mol. The fourth-order valence-electron chi connectivity index (χ4n) is 2.86. The lowest BCUT2D eigenvalue weighted by molar-refractivity contribution is 0.372. The highest BCUT2D eigenvalue weighted by atomic mass is 127. The molecule has 1 aromatic carbocycles. The van der Waals surface area contributed by atoms with E-state index in [1.165, 1.54) is 5.69 Å². The van der Waals surface area contributed by atoms with Crippen molar-refractivity contribution in [1.82, 2.24) is 14.9 Å². The van der Waals surface area contributed by atoms with E-state index in [4.69, 9.17) is 4.74 Å². The summed E-state index contributed by atoms with van der Waals surface area (Å²) in [7, 11) is -1.50. The minimum atomic E-state index is -3.17. The lowest BCUT2D eigenvalue weighted by Crippen LogP contribution is -2.52. The number of piperazine rings is 1. The lowest BCUT2D eigenvalue weighted by Gasteiger charge is -2.37. The number of anilines is 1. The van der Waals surface area contributed by atoms with Gasteiger partial charge in [0.15, 0.2) is 5.96 Å². The predicted molar refractivity (Wildman–Crippen MR) is 126 cm³/mol. The van der Waals surface area contributed by atoms with Crippen LogP contribution in [-0.2, 0) is 10.0 Å². The second-order valence-electron chi connectivity index (χ2n) is 6.21. The van der Waals surface area contributed by atoms with Crippen molar-refractivity contribution in [1.29, 1.82) is 0 Å². The van der Waals surface area contributed by atoms with Crippen molar-refractivity contribution < 1.29 is 13.2 Å². The number of ether oxygens (including phenoxy) is 1. The molecule has 2 N–H and O–H groups in total. The van der Waals surface area contributed by atoms with Crippen molar-refractivity contribution in [2.75, 3.05) is 63.6 Å². The van der Waals surface area contributed by atoms with Gasteiger partial charge in [-0.05, 0) is 38.1 Å². The zero-order valence-electron chi connectivity index (χ0n) is 16.8. The van der Waals surface area contributed by atoms with Crippen molar-refractivity contribution in [2.45, 2.75) is 13.8 Å². The van der Waals surface area contributed by atoms with Crippen molar-refractivity contribution in [3.63, 3.8) is 0 Å². The van der Waals surface area contributed by atoms with Gasteiger partial charge >= 0.3 is 0 Å². The van der Waals surface area contributed by atoms with Gasteiger partial charge in [-0.25, -0.2) is 13.1 Å². The smallest absolute Gasteiger partial charge is 0.211 e. The third kappa shape index (κ3) is 7.63. The lowest BCUT2D eigenvalue weighted by atomic mass is 10.2. The maximum Gasteiger partial charge on any atom is 0.211 e. The standard InChI is InChI=1S/C18H31N5O3S.HI/c1-4-19-18(20-10-11-21-27(24,25)5-2)23-14-12-22(13-15-23)16-6-8-17(26-3)9-7-16;/h6-9,21H,4-5,10-15H2,1-3H3,(H,19,20);1H. The van der Waals surface area contributed by atoms with E-state index in [0.717, 1.165) is 44.4 Å². The van der Waals surface area contributed by atoms with Gasteiger partial charge in [0.2, 0.25) is 10.0 Å². The molecule has 160 valence electrons. The summed E-state index contributed by atoms with van der Waals surface area (Å²) < 4.78 is 30.7. The molecular formula is C18H32IN5O3S. The first-order valence-electron chi connectivity index (χ1n) is 9.38. The molecule has 1 aliphatic rings. The number of rotatable bonds is 8. The second-order valence-corrected chi connectivity index (χ2v) is 8.30. The van der Waals surface area contributed by atoms with Gasteiger partial charge in [-0.1, -0.05) is 0 Å². The van der Waals surface area contributed by atoms with Crippen LogP contribution < -0.4 is 19.7 Å². The monoisotopic (exact) mass is 525 g/mol. The molecule has 1 saturated heterocycles. The van der Waals surface area contributed by atoms with Gasteiger partial charge in [0.05, 0.1) is 19.4 Å². The number of hydrogen-bond acceptors (Lipinski definition) is 5. The molecule has 1 heterocycles. The van der Waals surface area contributed by atoms with Gasteiger partial charge < -0.3 is 19.9 Å². The van der Waals surface area contributed by atoms with Gasteiger partial charge in [0, 0.05) is 45.0 Å². The van der Waals surface area contributed by atoms with Crippen LogP contribution in [0.3, 0.4) is 0 Å². The summed E-state index contributed by atoms with van der Waals surface area (Å²) in [5.41, 5.74) is 1.19. The highest BCUT2D eigenvalue weighted by Crippen LogP contribution is 2.20. The van der Waals surface area contributed by atoms with Crippen LogP contribution in [0.4, 0.5) is 5.69 Å². The van der Waals surface area contributed by atoms with E-state index >= 15 is 0 Å². The first kappa shape index (κ1) is 24.8. The number of hydrogen-bond donors (Lipinski definition) is 2. The summed E-state index contributed by atoms with van der Waals surface area (Å²) >= 11 is 0. The van der Waals surface area contributed by atoms with Crippen LogP contribution in [0.25, 0.3) is 0 Å². The molecule has 0 atom stereocenters. The number of benzene rings is 1. The Morgan fingerprint density at radius 2 is 1.79 bits per heavy atom. The number of nitrogens with one attached hydrogen (secondary N) is 2. The Hall–Kier alpha value is -1.27. The largest absolute Gasteiger partial charge is 0.497 e. The van der Waals surface area contributed by atoms with Gasteiger partial charge in [0.25, 0.3) is 0 Å². The van der Waals surface area contributed by atoms with Crippen molar-refractivity contribution >= 4 is 45.6 Å². The molecule has 0 amide bonds. The fourth-order valence-corrected chi connectivity index (χ4v) is 3.47. The minimum absolute atomic E-state index is 0. The molecule has 28 heavy (non-hydrogen) atoms. The van der Waals surface area contributed by atoms with Crippen LogP contribution in [0.5, 0.6) is 5.75 Å². The molecule has 10 heteroatoms. The van der Waals surface area contributed by atoms with Gasteiger partial charge in [-0.3, -0.25) is 4.99 Å². The normalized spacial score (nSPS) is 15.2. The fraction of sp³-hybridized carbons (Fsp3) is 0.611. The van der Waals surface area contributed by atoms with E-state index in [1.54, 1.807) is 14.0 Å². The summed E-state index contributed by atoms with van der Waals surface area (Å²) in [6.07, 6.45) is 0. The van der Waals surface area contributed by atoms with E-state index in [0.29, 0.717) is 13.1 Å². The molecule has 0 unspecified atom stereocenters. The zero-order chi connectivity index (χ0) is 19.7. The Kier molecular flexibility index (Phi) is 10.9. The third-order valence-corrected chi connectivity index (χ3v) is 5.83. The second kappa shape index (κ2) is 12.3. The number of sulfonamides is 1. The average molecular weight is 525 g/mol. The minimum Gasteiger partial charge on any atom is -0.497 e. The molecule has 0 spiro atoms. The third-order valence-electron chi connectivity index (χ3n) is 4.43. The van der Waals surface area contributed by atoms with Gasteiger partial charge in [-0.2, -0.15) is 0 Å². The summed E-state index contributed by atoms with van der Waals surface area (Å²) in [6, 6.07) is 8.11. The number of methoxy groups -OCH3 is 1. The predicted octanol–water partition coefficient (Wildman–Crippen LogP) is 1.34. The van der Waals surface area contributed by atoms with Crippen molar-refractivity contribution in [2.24, 2.45) is 4.99 Å². The van der Waals surface area contributed by atoms with Crippen LogP contribution in [0.15, 0.2) is 29.3 Å². The Morgan fingerprint density at radius 3 is 2.32 bits per heavy atom. The van der Waals surface area contributed by atoms with E-state index in [-0.39, 0.29) is 29.7 Å². The number of halogens is 1. The quantitative estimate of drug-likeness (QED) is 0.231.